The van der Waals surface area contributed by atoms with Crippen LogP contribution in [-0.4, -0.2) is 109 Å². The number of aliphatic hydroxyl groups excluding tert-OH is 5. The van der Waals surface area contributed by atoms with Gasteiger partial charge in [-0.25, -0.2) is 0 Å². The summed E-state index contributed by atoms with van der Waals surface area (Å²) < 4.78 is 6.76. The third-order valence-electron chi connectivity index (χ3n) is 17.5. The molecule has 19 atom stereocenters. The Balaban J connectivity index is 1.23. The molecule has 8 aliphatic rings. The summed E-state index contributed by atoms with van der Waals surface area (Å²) in [6.45, 7) is 7.46. The number of hydrogen-bond acceptors (Lipinski definition) is 12. The predicted molar refractivity (Wildman–Crippen MR) is 223 cm³/mol. The highest BCUT2D eigenvalue weighted by atomic mass is 16.5. The predicted octanol–water partition coefficient (Wildman–Crippen LogP) is 3.08. The van der Waals surface area contributed by atoms with Gasteiger partial charge in [0, 0.05) is 36.6 Å². The number of fused-ring (bicyclic) bond motifs is 3. The fourth-order valence-electron chi connectivity index (χ4n) is 14.8. The number of nitrogens with one attached hydrogen (secondary N) is 2. The van der Waals surface area contributed by atoms with Gasteiger partial charge >= 0.3 is 0 Å². The van der Waals surface area contributed by atoms with Gasteiger partial charge in [-0.3, -0.25) is 4.79 Å². The number of aliphatic hydroxyl groups is 7. The van der Waals surface area contributed by atoms with Crippen molar-refractivity contribution in [2.24, 2.45) is 63.9 Å². The maximum Gasteiger partial charge on any atom is 0.182 e. The zero-order chi connectivity index (χ0) is 42.2. The molecule has 5 fully saturated rings. The summed E-state index contributed by atoms with van der Waals surface area (Å²) in [6.07, 6.45) is 13.3. The molecule has 0 bridgehead atoms. The fraction of sp³-hybridized carbons (Fsp3) is 0.809. The first-order valence-electron chi connectivity index (χ1n) is 23.1. The number of nitrogens with two attached hydrogens (primary N) is 1. The van der Waals surface area contributed by atoms with Gasteiger partial charge in [0.2, 0.25) is 0 Å². The van der Waals surface area contributed by atoms with Crippen LogP contribution in [0.15, 0.2) is 47.3 Å². The summed E-state index contributed by atoms with van der Waals surface area (Å²) in [7, 11) is 0. The Morgan fingerprint density at radius 1 is 1.07 bits per heavy atom. The second-order valence-electron chi connectivity index (χ2n) is 20.7. The SMILES string of the molecule is CCCC1CCC2OC(C(O)C(C)(O)C3CCC4(O)C5=C(NCC(C)O)C(=O)C6CC(O)C(O)CC67CC(C6=CNC(N)C=C6)C=CC(CC34CCO)C57)C(C)C2CC1. The average Bonchev–Trinajstić information content (AvgIpc) is 3.50. The van der Waals surface area contributed by atoms with Crippen LogP contribution in [0.5, 0.6) is 0 Å². The summed E-state index contributed by atoms with van der Waals surface area (Å²) in [5.41, 5.74) is 2.39. The first-order valence-corrected chi connectivity index (χ1v) is 23.1. The standard InChI is InChI=1S/C47H73N3O9/c1-5-6-27-7-12-31-26(3)42(59-35(31)13-8-27)43(56)44(4,57)36-15-16-47(58)39-38-29(21-46(36,47)17-18-51)10-9-28(30-11-14-37(48)49-24-30)20-45(38)22-34(54)33(53)19-32(45)41(55)40(39)50-23-25(2)52/h9-11,14,24-29,31-38,42-43,49-54,56-58H,5-8,12-13,15-23,48H2,1-4H3. The molecule has 330 valence electrons. The molecule has 6 aliphatic carbocycles. The molecule has 8 rings (SSSR count). The fourth-order valence-corrected chi connectivity index (χ4v) is 14.8. The Labute approximate surface area is 350 Å². The van der Waals surface area contributed by atoms with Gasteiger partial charge in [-0.1, -0.05) is 51.3 Å². The van der Waals surface area contributed by atoms with Gasteiger partial charge < -0.3 is 56.8 Å². The molecule has 0 radical (unpaired) electrons. The van der Waals surface area contributed by atoms with Crippen molar-refractivity contribution in [3.05, 3.63) is 47.3 Å². The zero-order valence-electron chi connectivity index (χ0n) is 35.7. The van der Waals surface area contributed by atoms with E-state index in [9.17, 15) is 35.7 Å². The molecular formula is C47H73N3O9. The summed E-state index contributed by atoms with van der Waals surface area (Å²) in [6, 6.07) is 0. The number of carbonyl (C=O) groups is 1. The minimum atomic E-state index is -1.74. The lowest BCUT2D eigenvalue weighted by molar-refractivity contribution is -0.211. The van der Waals surface area contributed by atoms with Crippen LogP contribution in [0.4, 0.5) is 0 Å². The number of Topliss-reactive ketones (excluding diaryl/α,β-unsaturated/α-hetero) is 1. The van der Waals surface area contributed by atoms with Crippen molar-refractivity contribution in [3.63, 3.8) is 0 Å². The van der Waals surface area contributed by atoms with E-state index in [0.717, 1.165) is 31.3 Å². The molecule has 12 heteroatoms. The Hall–Kier alpha value is -2.13. The minimum absolute atomic E-state index is 0.0143. The van der Waals surface area contributed by atoms with Crippen molar-refractivity contribution in [1.82, 2.24) is 10.6 Å². The number of ketones is 1. The van der Waals surface area contributed by atoms with Crippen LogP contribution in [0.25, 0.3) is 0 Å². The molecule has 59 heavy (non-hydrogen) atoms. The van der Waals surface area contributed by atoms with E-state index < -0.39 is 70.3 Å². The van der Waals surface area contributed by atoms with E-state index in [1.165, 1.54) is 12.8 Å². The lowest BCUT2D eigenvalue weighted by atomic mass is 9.40. The molecule has 0 aromatic rings. The van der Waals surface area contributed by atoms with Gasteiger partial charge in [0.05, 0.1) is 53.6 Å². The van der Waals surface area contributed by atoms with E-state index in [-0.39, 0.29) is 86.3 Å². The largest absolute Gasteiger partial charge is 0.396 e. The van der Waals surface area contributed by atoms with E-state index in [0.29, 0.717) is 30.8 Å². The van der Waals surface area contributed by atoms with E-state index in [2.05, 4.69) is 36.6 Å². The zero-order valence-corrected chi connectivity index (χ0v) is 35.7. The topological polar surface area (TPSA) is 218 Å². The number of carbonyl (C=O) groups excluding carboxylic acids is 1. The maximum atomic E-state index is 15.3. The van der Waals surface area contributed by atoms with Gasteiger partial charge in [0.15, 0.2) is 5.78 Å². The smallest absolute Gasteiger partial charge is 0.182 e. The van der Waals surface area contributed by atoms with Gasteiger partial charge in [-0.15, -0.1) is 0 Å². The van der Waals surface area contributed by atoms with Crippen LogP contribution >= 0.6 is 0 Å². The van der Waals surface area contributed by atoms with Crippen molar-refractivity contribution in [2.45, 2.75) is 165 Å². The number of dihydropyridines is 1. The van der Waals surface area contributed by atoms with E-state index in [1.807, 2.05) is 18.4 Å². The van der Waals surface area contributed by atoms with E-state index >= 15 is 4.79 Å². The second-order valence-corrected chi connectivity index (χ2v) is 20.7. The number of hydrogen-bond donors (Lipinski definition) is 10. The minimum Gasteiger partial charge on any atom is -0.396 e. The van der Waals surface area contributed by atoms with E-state index in [4.69, 9.17) is 10.5 Å². The molecule has 1 spiro atoms. The summed E-state index contributed by atoms with van der Waals surface area (Å²) in [5, 5.41) is 90.1. The molecule has 0 aromatic carbocycles. The molecule has 2 aliphatic heterocycles. The number of rotatable bonds is 11. The third-order valence-corrected chi connectivity index (χ3v) is 17.5. The van der Waals surface area contributed by atoms with Crippen LogP contribution < -0.4 is 16.4 Å². The monoisotopic (exact) mass is 824 g/mol. The van der Waals surface area contributed by atoms with Crippen LogP contribution in [-0.2, 0) is 9.53 Å². The van der Waals surface area contributed by atoms with Crippen LogP contribution in [0.2, 0.25) is 0 Å². The number of allylic oxidation sites excluding steroid dienone is 5. The highest BCUT2D eigenvalue weighted by Gasteiger charge is 2.75. The van der Waals surface area contributed by atoms with Crippen LogP contribution in [0.1, 0.15) is 111 Å². The molecule has 11 N–H and O–H groups in total. The molecule has 1 saturated heterocycles. The summed E-state index contributed by atoms with van der Waals surface area (Å²) >= 11 is 0. The molecule has 19 unspecified atom stereocenters. The highest BCUT2D eigenvalue weighted by molar-refractivity contribution is 6.00. The quantitative estimate of drug-likeness (QED) is 0.136. The Morgan fingerprint density at radius 3 is 2.53 bits per heavy atom. The van der Waals surface area contributed by atoms with Crippen molar-refractivity contribution in [1.29, 1.82) is 0 Å². The Kier molecular flexibility index (Phi) is 12.0. The average molecular weight is 824 g/mol. The normalized spacial score (nSPS) is 47.4. The van der Waals surface area contributed by atoms with Crippen molar-refractivity contribution in [2.75, 3.05) is 13.2 Å². The van der Waals surface area contributed by atoms with E-state index in [1.54, 1.807) is 13.8 Å². The molecule has 12 nitrogen and oxygen atoms in total. The molecule has 0 amide bonds. The van der Waals surface area contributed by atoms with Gasteiger partial charge in [0.1, 0.15) is 6.10 Å². The maximum absolute atomic E-state index is 15.3. The first kappa shape index (κ1) is 43.5. The lowest BCUT2D eigenvalue weighted by Gasteiger charge is -2.65. The van der Waals surface area contributed by atoms with Crippen LogP contribution in [0, 0.1) is 58.2 Å². The van der Waals surface area contributed by atoms with Gasteiger partial charge in [0.25, 0.3) is 0 Å². The number of ether oxygens (including phenoxy) is 1. The third kappa shape index (κ3) is 6.94. The Bertz CT molecular complexity index is 1710. The molecule has 4 saturated carbocycles. The Morgan fingerprint density at radius 2 is 1.83 bits per heavy atom. The van der Waals surface area contributed by atoms with Crippen LogP contribution in [0.3, 0.4) is 0 Å². The first-order chi connectivity index (χ1) is 28.0. The molecule has 2 heterocycles. The summed E-state index contributed by atoms with van der Waals surface area (Å²) in [4.78, 5) is 15.3. The van der Waals surface area contributed by atoms with Crippen molar-refractivity contribution in [3.8, 4) is 0 Å². The highest BCUT2D eigenvalue weighted by Crippen LogP contribution is 2.73. The van der Waals surface area contributed by atoms with Crippen molar-refractivity contribution >= 4 is 5.78 Å². The van der Waals surface area contributed by atoms with Crippen molar-refractivity contribution < 1.29 is 45.3 Å². The molecular weight excluding hydrogens is 751 g/mol. The van der Waals surface area contributed by atoms with Gasteiger partial charge in [-0.2, -0.15) is 0 Å². The summed E-state index contributed by atoms with van der Waals surface area (Å²) in [5.74, 6) is -1.56. The molecule has 0 aromatic heterocycles. The second kappa shape index (κ2) is 16.2. The lowest BCUT2D eigenvalue weighted by Crippen LogP contribution is -2.68. The van der Waals surface area contributed by atoms with Gasteiger partial charge in [-0.05, 0) is 136 Å².